The van der Waals surface area contributed by atoms with E-state index in [2.05, 4.69) is 0 Å². The van der Waals surface area contributed by atoms with Gasteiger partial charge in [0.15, 0.2) is 0 Å². The summed E-state index contributed by atoms with van der Waals surface area (Å²) in [6.07, 6.45) is 1.89. The standard InChI is InChI=1S/C8H14O4Te.2Y/c1-7-3-5-9-13(11-7)10-6-4-8(2)12-13;;/h5-8H,3-4H2,1-2H3;;/q-2;;. The van der Waals surface area contributed by atoms with E-state index >= 15 is 0 Å². The third-order valence-electron chi connectivity index (χ3n) is 1.79. The molecule has 2 radical (unpaired) electrons. The fourth-order valence-electron chi connectivity index (χ4n) is 1.13. The Morgan fingerprint density at radius 3 is 1.67 bits per heavy atom. The molecule has 0 aromatic heterocycles. The Morgan fingerprint density at radius 2 is 1.33 bits per heavy atom. The van der Waals surface area contributed by atoms with E-state index in [1.165, 1.54) is 0 Å². The molecule has 4 nitrogen and oxygen atoms in total. The van der Waals surface area contributed by atoms with Crippen molar-refractivity contribution in [3.05, 3.63) is 13.2 Å². The van der Waals surface area contributed by atoms with Gasteiger partial charge in [-0.2, -0.15) is 0 Å². The molecule has 0 aliphatic carbocycles. The van der Waals surface area contributed by atoms with Crippen LogP contribution in [-0.2, 0) is 77.8 Å². The molecule has 0 bridgehead atoms. The van der Waals surface area contributed by atoms with Gasteiger partial charge in [-0.15, -0.1) is 0 Å². The van der Waals surface area contributed by atoms with Crippen molar-refractivity contribution in [2.75, 3.05) is 0 Å². The smallest absolute Gasteiger partial charge is 0 e. The Hall–Kier alpha value is 2.84. The fraction of sp³-hybridized carbons (Fsp3) is 0.750. The molecule has 2 fully saturated rings. The maximum atomic E-state index is 5.65. The third kappa shape index (κ3) is 5.15. The van der Waals surface area contributed by atoms with Gasteiger partial charge in [-0.05, 0) is 0 Å². The van der Waals surface area contributed by atoms with Gasteiger partial charge in [-0.3, -0.25) is 0 Å². The second-order valence-corrected chi connectivity index (χ2v) is 7.75. The van der Waals surface area contributed by atoms with Gasteiger partial charge < -0.3 is 0 Å². The van der Waals surface area contributed by atoms with Gasteiger partial charge >= 0.3 is 84.3 Å². The molecule has 0 aromatic rings. The first-order valence-corrected chi connectivity index (χ1v) is 8.20. The monoisotopic (exact) mass is 482 g/mol. The van der Waals surface area contributed by atoms with Gasteiger partial charge in [0.2, 0.25) is 0 Å². The van der Waals surface area contributed by atoms with Crippen LogP contribution >= 0.6 is 0 Å². The Kier molecular flexibility index (Phi) is 9.63. The summed E-state index contributed by atoms with van der Waals surface area (Å²) in [7, 11) is 0. The van der Waals surface area contributed by atoms with E-state index in [0.717, 1.165) is 12.8 Å². The summed E-state index contributed by atoms with van der Waals surface area (Å²) in [4.78, 5) is 0. The molecular formula is C8H14O4TeY2-2. The zero-order valence-corrected chi connectivity index (χ0v) is 16.9. The van der Waals surface area contributed by atoms with Crippen molar-refractivity contribution in [3.8, 4) is 0 Å². The first-order valence-electron chi connectivity index (χ1n) is 4.40. The van der Waals surface area contributed by atoms with Crippen LogP contribution in [0.2, 0.25) is 0 Å². The van der Waals surface area contributed by atoms with Gasteiger partial charge in [-0.1, -0.05) is 0 Å². The van der Waals surface area contributed by atoms with Gasteiger partial charge in [0.05, 0.1) is 0 Å². The van der Waals surface area contributed by atoms with Crippen LogP contribution < -0.4 is 0 Å². The maximum absolute atomic E-state index is 5.65. The molecule has 2 saturated heterocycles. The van der Waals surface area contributed by atoms with Crippen molar-refractivity contribution < 1.29 is 77.8 Å². The molecule has 1 spiro atoms. The van der Waals surface area contributed by atoms with Crippen LogP contribution in [0.25, 0.3) is 0 Å². The molecule has 7 heteroatoms. The largest absolute Gasteiger partial charge is 0 e. The molecule has 15 heavy (non-hydrogen) atoms. The number of rotatable bonds is 0. The van der Waals surface area contributed by atoms with E-state index in [1.54, 1.807) is 13.2 Å². The van der Waals surface area contributed by atoms with Crippen LogP contribution in [0.4, 0.5) is 0 Å². The molecule has 0 aromatic carbocycles. The zero-order valence-electron chi connectivity index (χ0n) is 8.92. The van der Waals surface area contributed by atoms with Crippen LogP contribution in [0.3, 0.4) is 0 Å². The SMILES string of the molecule is CC1C[CH-]O[Te]2(O[CH-]CC(C)O2)O1.[Y].[Y]. The normalized spacial score (nSPS) is 44.7. The van der Waals surface area contributed by atoms with E-state index < -0.39 is 19.8 Å². The Balaban J connectivity index is 0.000000980. The summed E-state index contributed by atoms with van der Waals surface area (Å²) >= 11 is -3.36. The summed E-state index contributed by atoms with van der Waals surface area (Å²) in [5, 5.41) is 0. The van der Waals surface area contributed by atoms with E-state index in [-0.39, 0.29) is 77.6 Å². The Morgan fingerprint density at radius 1 is 0.933 bits per heavy atom. The molecule has 2 unspecified atom stereocenters. The molecule has 0 saturated carbocycles. The van der Waals surface area contributed by atoms with Crippen molar-refractivity contribution in [2.45, 2.75) is 38.9 Å². The summed E-state index contributed by atoms with van der Waals surface area (Å²) in [5.41, 5.74) is 0. The topological polar surface area (TPSA) is 36.9 Å². The van der Waals surface area contributed by atoms with Crippen molar-refractivity contribution in [3.63, 3.8) is 0 Å². The maximum Gasteiger partial charge on any atom is 0 e. The Labute approximate surface area is 147 Å². The third-order valence-corrected chi connectivity index (χ3v) is 7.14. The second kappa shape index (κ2) is 8.10. The zero-order chi connectivity index (χ0) is 9.31. The average Bonchev–Trinajstić information content (AvgIpc) is 2.02. The number of hydrogen-bond donors (Lipinski definition) is 0. The Bertz CT molecular complexity index is 175. The molecular weight excluding hydrogens is 465 g/mol. The molecule has 2 rings (SSSR count). The van der Waals surface area contributed by atoms with E-state index in [9.17, 15) is 0 Å². The number of hydrogen-bond acceptors (Lipinski definition) is 4. The fourth-order valence-corrected chi connectivity index (χ4v) is 6.06. The molecule has 2 aliphatic rings. The summed E-state index contributed by atoms with van der Waals surface area (Å²) in [6.45, 7) is 7.50. The minimum atomic E-state index is -3.36. The molecule has 0 amide bonds. The molecule has 2 heterocycles. The van der Waals surface area contributed by atoms with Crippen molar-refractivity contribution in [2.24, 2.45) is 0 Å². The summed E-state index contributed by atoms with van der Waals surface area (Å²) in [6, 6.07) is 0. The first-order chi connectivity index (χ1) is 6.20. The van der Waals surface area contributed by atoms with Crippen LogP contribution in [0, 0.1) is 13.2 Å². The molecule has 0 N–H and O–H groups in total. The second-order valence-electron chi connectivity index (χ2n) is 3.22. The molecule has 2 atom stereocenters. The summed E-state index contributed by atoms with van der Waals surface area (Å²) in [5.74, 6) is 0. The van der Waals surface area contributed by atoms with Crippen molar-refractivity contribution in [1.29, 1.82) is 0 Å². The average molecular weight is 480 g/mol. The van der Waals surface area contributed by atoms with Crippen molar-refractivity contribution in [1.82, 2.24) is 0 Å². The van der Waals surface area contributed by atoms with Gasteiger partial charge in [0.1, 0.15) is 0 Å². The van der Waals surface area contributed by atoms with E-state index in [1.807, 2.05) is 13.8 Å². The predicted molar refractivity (Wildman–Crippen MR) is 46.9 cm³/mol. The van der Waals surface area contributed by atoms with E-state index in [0.29, 0.717) is 0 Å². The van der Waals surface area contributed by atoms with Crippen molar-refractivity contribution >= 4 is 19.8 Å². The van der Waals surface area contributed by atoms with E-state index in [4.69, 9.17) is 12.4 Å². The van der Waals surface area contributed by atoms with Crippen LogP contribution in [0.15, 0.2) is 0 Å². The minimum Gasteiger partial charge on any atom is 0 e. The van der Waals surface area contributed by atoms with Crippen LogP contribution in [0.5, 0.6) is 0 Å². The molecule has 84 valence electrons. The van der Waals surface area contributed by atoms with Gasteiger partial charge in [0.25, 0.3) is 0 Å². The van der Waals surface area contributed by atoms with Gasteiger partial charge in [0, 0.05) is 65.4 Å². The summed E-state index contributed by atoms with van der Waals surface area (Å²) < 4.78 is 22.1. The molecule has 2 aliphatic heterocycles. The first kappa shape index (κ1) is 17.8. The minimum absolute atomic E-state index is 0. The van der Waals surface area contributed by atoms with Gasteiger partial charge in [-0.25, -0.2) is 0 Å². The quantitative estimate of drug-likeness (QED) is 0.389. The van der Waals surface area contributed by atoms with Crippen LogP contribution in [0.1, 0.15) is 26.7 Å². The van der Waals surface area contributed by atoms with Crippen LogP contribution in [-0.4, -0.2) is 32.0 Å². The predicted octanol–water partition coefficient (Wildman–Crippen LogP) is 1.39.